The van der Waals surface area contributed by atoms with Crippen LogP contribution in [-0.2, 0) is 0 Å². The monoisotopic (exact) mass is 323 g/mol. The summed E-state index contributed by atoms with van der Waals surface area (Å²) in [4.78, 5) is 10.2. The topological polar surface area (TPSA) is 78.8 Å². The lowest BCUT2D eigenvalue weighted by Gasteiger charge is -2.13. The molecule has 17 heavy (non-hydrogen) atoms. The Labute approximate surface area is 111 Å². The number of aliphatic hydroxyl groups excluding tert-OH is 1. The first-order chi connectivity index (χ1) is 7.99. The van der Waals surface area contributed by atoms with Crippen LogP contribution >= 0.6 is 27.5 Å². The number of nitrogens with one attached hydrogen (secondary N) is 1. The molecule has 1 amide bonds. The van der Waals surface area contributed by atoms with Crippen molar-refractivity contribution in [2.45, 2.75) is 6.10 Å². The zero-order valence-corrected chi connectivity index (χ0v) is 11.0. The first-order valence-electron chi connectivity index (χ1n) is 4.71. The quantitative estimate of drug-likeness (QED) is 0.775. The van der Waals surface area contributed by atoms with Crippen molar-refractivity contribution in [2.75, 3.05) is 13.2 Å². The number of carboxylic acid groups (broad SMARTS) is 1. The van der Waals surface area contributed by atoms with Gasteiger partial charge in [-0.3, -0.25) is 0 Å². The van der Waals surface area contributed by atoms with Crippen LogP contribution in [0.15, 0.2) is 22.7 Å². The van der Waals surface area contributed by atoms with Gasteiger partial charge in [0, 0.05) is 4.47 Å². The molecule has 1 aromatic carbocycles. The molecule has 0 fully saturated rings. The van der Waals surface area contributed by atoms with Crippen LogP contribution in [0.4, 0.5) is 4.79 Å². The van der Waals surface area contributed by atoms with Crippen molar-refractivity contribution >= 4 is 33.6 Å². The van der Waals surface area contributed by atoms with Crippen LogP contribution in [0.1, 0.15) is 0 Å². The van der Waals surface area contributed by atoms with Crippen molar-refractivity contribution in [1.82, 2.24) is 5.32 Å². The van der Waals surface area contributed by atoms with Gasteiger partial charge in [-0.2, -0.15) is 0 Å². The maximum atomic E-state index is 10.2. The summed E-state index contributed by atoms with van der Waals surface area (Å²) in [6.07, 6.45) is -2.11. The number of halogens is 2. The molecule has 0 aromatic heterocycles. The SMILES string of the molecule is O=C(O)NCC(O)COc1ccc(Br)cc1Cl. The molecule has 0 aliphatic carbocycles. The second-order valence-corrected chi connectivity index (χ2v) is 4.55. The highest BCUT2D eigenvalue weighted by molar-refractivity contribution is 9.10. The maximum absolute atomic E-state index is 10.2. The first-order valence-corrected chi connectivity index (χ1v) is 5.89. The van der Waals surface area contributed by atoms with Crippen LogP contribution in [0.3, 0.4) is 0 Å². The van der Waals surface area contributed by atoms with Gasteiger partial charge in [-0.25, -0.2) is 4.79 Å². The second-order valence-electron chi connectivity index (χ2n) is 3.23. The van der Waals surface area contributed by atoms with Crippen molar-refractivity contribution in [1.29, 1.82) is 0 Å². The van der Waals surface area contributed by atoms with E-state index in [0.717, 1.165) is 4.47 Å². The Kier molecular flexibility index (Phi) is 5.54. The van der Waals surface area contributed by atoms with E-state index < -0.39 is 12.2 Å². The first kappa shape index (κ1) is 14.1. The summed E-state index contributed by atoms with van der Waals surface area (Å²) in [6, 6.07) is 5.08. The minimum atomic E-state index is -1.19. The molecule has 1 aromatic rings. The Hall–Kier alpha value is -0.980. The lowest BCUT2D eigenvalue weighted by molar-refractivity contribution is 0.104. The third-order valence-corrected chi connectivity index (χ3v) is 2.60. The normalized spacial score (nSPS) is 11.9. The number of rotatable bonds is 5. The van der Waals surface area contributed by atoms with Gasteiger partial charge < -0.3 is 20.3 Å². The number of hydrogen-bond acceptors (Lipinski definition) is 3. The summed E-state index contributed by atoms with van der Waals surface area (Å²) >= 11 is 9.15. The highest BCUT2D eigenvalue weighted by Gasteiger charge is 2.08. The van der Waals surface area contributed by atoms with Crippen LogP contribution in [0.25, 0.3) is 0 Å². The fourth-order valence-corrected chi connectivity index (χ4v) is 1.77. The highest BCUT2D eigenvalue weighted by atomic mass is 79.9. The molecule has 0 saturated carbocycles. The summed E-state index contributed by atoms with van der Waals surface area (Å²) in [5, 5.41) is 20.2. The van der Waals surface area contributed by atoms with Crippen molar-refractivity contribution in [2.24, 2.45) is 0 Å². The molecule has 94 valence electrons. The van der Waals surface area contributed by atoms with Crippen LogP contribution in [-0.4, -0.2) is 35.6 Å². The van der Waals surface area contributed by atoms with Gasteiger partial charge in [0.2, 0.25) is 0 Å². The average molecular weight is 325 g/mol. The maximum Gasteiger partial charge on any atom is 0.404 e. The number of aliphatic hydroxyl groups is 1. The molecule has 7 heteroatoms. The van der Waals surface area contributed by atoms with E-state index >= 15 is 0 Å². The van der Waals surface area contributed by atoms with Gasteiger partial charge in [0.15, 0.2) is 0 Å². The molecule has 0 aliphatic heterocycles. The van der Waals surface area contributed by atoms with E-state index in [2.05, 4.69) is 21.2 Å². The Bertz CT molecular complexity index is 402. The smallest absolute Gasteiger partial charge is 0.404 e. The number of benzene rings is 1. The van der Waals surface area contributed by atoms with E-state index in [0.29, 0.717) is 10.8 Å². The van der Waals surface area contributed by atoms with Gasteiger partial charge in [0.1, 0.15) is 18.5 Å². The lowest BCUT2D eigenvalue weighted by Crippen LogP contribution is -2.34. The predicted molar refractivity (Wildman–Crippen MR) is 66.7 cm³/mol. The molecule has 0 spiro atoms. The molecular formula is C10H11BrClNO4. The van der Waals surface area contributed by atoms with Gasteiger partial charge in [-0.1, -0.05) is 27.5 Å². The second kappa shape index (κ2) is 6.68. The molecule has 5 nitrogen and oxygen atoms in total. The fraction of sp³-hybridized carbons (Fsp3) is 0.300. The van der Waals surface area contributed by atoms with E-state index in [1.54, 1.807) is 18.2 Å². The molecular weight excluding hydrogens is 313 g/mol. The minimum Gasteiger partial charge on any atom is -0.489 e. The molecule has 1 unspecified atom stereocenters. The van der Waals surface area contributed by atoms with Crippen molar-refractivity contribution in [3.05, 3.63) is 27.7 Å². The Morgan fingerprint density at radius 2 is 2.29 bits per heavy atom. The molecule has 3 N–H and O–H groups in total. The van der Waals surface area contributed by atoms with Crippen LogP contribution in [0, 0.1) is 0 Å². The molecule has 0 heterocycles. The van der Waals surface area contributed by atoms with Gasteiger partial charge in [0.25, 0.3) is 0 Å². The number of carbonyl (C=O) groups is 1. The van der Waals surface area contributed by atoms with Gasteiger partial charge in [0.05, 0.1) is 11.6 Å². The Morgan fingerprint density at radius 1 is 1.59 bits per heavy atom. The third kappa shape index (κ3) is 5.25. The molecule has 0 aliphatic rings. The van der Waals surface area contributed by atoms with Crippen LogP contribution in [0.5, 0.6) is 5.75 Å². The van der Waals surface area contributed by atoms with Crippen LogP contribution in [0.2, 0.25) is 5.02 Å². The van der Waals surface area contributed by atoms with Crippen molar-refractivity contribution in [3.8, 4) is 5.75 Å². The summed E-state index contributed by atoms with van der Waals surface area (Å²) < 4.78 is 6.07. The van der Waals surface area contributed by atoms with E-state index in [-0.39, 0.29) is 13.2 Å². The lowest BCUT2D eigenvalue weighted by atomic mass is 10.3. The summed E-state index contributed by atoms with van der Waals surface area (Å²) in [5.74, 6) is 0.434. The van der Waals surface area contributed by atoms with E-state index in [1.165, 1.54) is 0 Å². The molecule has 1 rings (SSSR count). The highest BCUT2D eigenvalue weighted by Crippen LogP contribution is 2.27. The number of ether oxygens (including phenoxy) is 1. The largest absolute Gasteiger partial charge is 0.489 e. The molecule has 0 radical (unpaired) electrons. The van der Waals surface area contributed by atoms with Crippen molar-refractivity contribution < 1.29 is 19.7 Å². The zero-order chi connectivity index (χ0) is 12.8. The molecule has 1 atom stereocenters. The van der Waals surface area contributed by atoms with E-state index in [4.69, 9.17) is 21.4 Å². The summed E-state index contributed by atoms with van der Waals surface area (Å²) in [6.45, 7) is -0.134. The summed E-state index contributed by atoms with van der Waals surface area (Å²) in [5.41, 5.74) is 0. The van der Waals surface area contributed by atoms with E-state index in [1.807, 2.05) is 0 Å². The van der Waals surface area contributed by atoms with Crippen LogP contribution < -0.4 is 10.1 Å². The number of amides is 1. The Morgan fingerprint density at radius 3 is 2.88 bits per heavy atom. The van der Waals surface area contributed by atoms with Gasteiger partial charge in [-0.15, -0.1) is 0 Å². The molecule has 0 bridgehead atoms. The number of hydrogen-bond donors (Lipinski definition) is 3. The fourth-order valence-electron chi connectivity index (χ4n) is 1.04. The third-order valence-electron chi connectivity index (χ3n) is 1.81. The minimum absolute atomic E-state index is 0.0400. The van der Waals surface area contributed by atoms with Crippen molar-refractivity contribution in [3.63, 3.8) is 0 Å². The molecule has 0 saturated heterocycles. The standard InChI is InChI=1S/C10H11BrClNO4/c11-6-1-2-9(8(12)3-6)17-5-7(14)4-13-10(15)16/h1-3,7,13-14H,4-5H2,(H,15,16). The van der Waals surface area contributed by atoms with Gasteiger partial charge in [-0.05, 0) is 18.2 Å². The zero-order valence-electron chi connectivity index (χ0n) is 8.69. The average Bonchev–Trinajstić information content (AvgIpc) is 2.25. The summed E-state index contributed by atoms with van der Waals surface area (Å²) in [7, 11) is 0. The predicted octanol–water partition coefficient (Wildman–Crippen LogP) is 2.11. The van der Waals surface area contributed by atoms with E-state index in [9.17, 15) is 9.90 Å². The van der Waals surface area contributed by atoms with Gasteiger partial charge >= 0.3 is 6.09 Å². The Balaban J connectivity index is 2.41.